The van der Waals surface area contributed by atoms with Crippen LogP contribution in [0.15, 0.2) is 48.6 Å². The van der Waals surface area contributed by atoms with E-state index in [0.29, 0.717) is 18.2 Å². The maximum Gasteiger partial charge on any atom is 0.339 e. The molecular formula is C20H20O6. The molecular weight excluding hydrogens is 336 g/mol. The highest BCUT2D eigenvalue weighted by atomic mass is 16.5. The standard InChI is InChI=1S/C20H20O6/c1-2-7-17(21)25-12-5-6-13-26-20(24)18-15-9-4-3-8-14(15)10-11-16(18)19(22)23/h2-4,7-11H,5-6,12-13H2,1H3,(H,22,23). The Morgan fingerprint density at radius 1 is 1.00 bits per heavy atom. The molecule has 0 heterocycles. The molecule has 0 amide bonds. The summed E-state index contributed by atoms with van der Waals surface area (Å²) in [6.45, 7) is 2.07. The number of carbonyl (C=O) groups excluding carboxylic acids is 2. The van der Waals surface area contributed by atoms with Crippen molar-refractivity contribution >= 4 is 28.7 Å². The largest absolute Gasteiger partial charge is 0.478 e. The highest BCUT2D eigenvalue weighted by Crippen LogP contribution is 2.23. The van der Waals surface area contributed by atoms with Crippen LogP contribution in [0.3, 0.4) is 0 Å². The Kier molecular flexibility index (Phi) is 6.91. The summed E-state index contributed by atoms with van der Waals surface area (Å²) in [6.07, 6.45) is 3.96. The van der Waals surface area contributed by atoms with Crippen LogP contribution >= 0.6 is 0 Å². The second kappa shape index (κ2) is 9.36. The lowest BCUT2D eigenvalue weighted by Gasteiger charge is -2.10. The highest BCUT2D eigenvalue weighted by Gasteiger charge is 2.20. The SMILES string of the molecule is CC=CC(=O)OCCCCOC(=O)c1c(C(=O)O)ccc2ccccc12. The Hall–Kier alpha value is -3.15. The fourth-order valence-corrected chi connectivity index (χ4v) is 2.47. The number of allylic oxidation sites excluding steroid dienone is 1. The summed E-state index contributed by atoms with van der Waals surface area (Å²) >= 11 is 0. The lowest BCUT2D eigenvalue weighted by atomic mass is 9.99. The van der Waals surface area contributed by atoms with E-state index in [4.69, 9.17) is 9.47 Å². The first-order valence-electron chi connectivity index (χ1n) is 8.26. The van der Waals surface area contributed by atoms with Crippen LogP contribution < -0.4 is 0 Å². The average Bonchev–Trinajstić information content (AvgIpc) is 2.63. The number of hydrogen-bond acceptors (Lipinski definition) is 5. The minimum absolute atomic E-state index is 0.0510. The summed E-state index contributed by atoms with van der Waals surface area (Å²) in [4.78, 5) is 35.0. The van der Waals surface area contributed by atoms with E-state index in [1.165, 1.54) is 12.1 Å². The van der Waals surface area contributed by atoms with E-state index in [1.807, 2.05) is 6.07 Å². The zero-order valence-electron chi connectivity index (χ0n) is 14.4. The molecule has 0 saturated heterocycles. The summed E-state index contributed by atoms with van der Waals surface area (Å²) < 4.78 is 10.2. The van der Waals surface area contributed by atoms with Crippen molar-refractivity contribution in [3.05, 3.63) is 59.7 Å². The van der Waals surface area contributed by atoms with Gasteiger partial charge in [0.2, 0.25) is 0 Å². The second-order valence-electron chi connectivity index (χ2n) is 5.52. The number of carboxylic acid groups (broad SMARTS) is 1. The number of rotatable bonds is 8. The number of benzene rings is 2. The van der Waals surface area contributed by atoms with Gasteiger partial charge in [-0.05, 0) is 36.6 Å². The minimum Gasteiger partial charge on any atom is -0.478 e. The van der Waals surface area contributed by atoms with Crippen LogP contribution in [-0.4, -0.2) is 36.2 Å². The van der Waals surface area contributed by atoms with Gasteiger partial charge in [0.25, 0.3) is 0 Å². The highest BCUT2D eigenvalue weighted by molar-refractivity contribution is 6.12. The molecule has 0 saturated carbocycles. The van der Waals surface area contributed by atoms with Crippen molar-refractivity contribution in [2.24, 2.45) is 0 Å². The number of esters is 2. The monoisotopic (exact) mass is 356 g/mol. The van der Waals surface area contributed by atoms with Crippen LogP contribution in [-0.2, 0) is 14.3 Å². The van der Waals surface area contributed by atoms with Gasteiger partial charge in [0, 0.05) is 6.08 Å². The molecule has 0 aliphatic carbocycles. The third-order valence-corrected chi connectivity index (χ3v) is 3.68. The molecule has 0 unspecified atom stereocenters. The molecule has 0 atom stereocenters. The Bertz CT molecular complexity index is 837. The maximum absolute atomic E-state index is 12.4. The van der Waals surface area contributed by atoms with E-state index in [2.05, 4.69) is 0 Å². The van der Waals surface area contributed by atoms with Gasteiger partial charge in [0.15, 0.2) is 0 Å². The lowest BCUT2D eigenvalue weighted by molar-refractivity contribution is -0.137. The maximum atomic E-state index is 12.4. The van der Waals surface area contributed by atoms with Gasteiger partial charge < -0.3 is 14.6 Å². The van der Waals surface area contributed by atoms with E-state index in [0.717, 1.165) is 5.39 Å². The van der Waals surface area contributed by atoms with Gasteiger partial charge in [-0.3, -0.25) is 0 Å². The van der Waals surface area contributed by atoms with Gasteiger partial charge in [0.05, 0.1) is 24.3 Å². The first-order valence-corrected chi connectivity index (χ1v) is 8.26. The van der Waals surface area contributed by atoms with Gasteiger partial charge in [-0.15, -0.1) is 0 Å². The normalized spacial score (nSPS) is 10.8. The predicted molar refractivity (Wildman–Crippen MR) is 96.2 cm³/mol. The zero-order chi connectivity index (χ0) is 18.9. The number of carbonyl (C=O) groups is 3. The number of ether oxygens (including phenoxy) is 2. The fraction of sp³-hybridized carbons (Fsp3) is 0.250. The molecule has 0 aliphatic heterocycles. The molecule has 2 aromatic rings. The van der Waals surface area contributed by atoms with Gasteiger partial charge in [-0.2, -0.15) is 0 Å². The van der Waals surface area contributed by atoms with Gasteiger partial charge in [0.1, 0.15) is 0 Å². The summed E-state index contributed by atoms with van der Waals surface area (Å²) in [5.41, 5.74) is -0.0379. The molecule has 0 radical (unpaired) electrons. The molecule has 0 aliphatic rings. The Morgan fingerprint density at radius 2 is 1.69 bits per heavy atom. The summed E-state index contributed by atoms with van der Waals surface area (Å²) in [6, 6.07) is 10.1. The zero-order valence-corrected chi connectivity index (χ0v) is 14.4. The molecule has 0 bridgehead atoms. The van der Waals surface area contributed by atoms with Crippen LogP contribution in [0, 0.1) is 0 Å². The van der Waals surface area contributed by atoms with E-state index >= 15 is 0 Å². The first-order chi connectivity index (χ1) is 12.5. The van der Waals surface area contributed by atoms with E-state index in [-0.39, 0.29) is 24.3 Å². The Labute approximate surface area is 151 Å². The molecule has 26 heavy (non-hydrogen) atoms. The number of fused-ring (bicyclic) bond motifs is 1. The number of hydrogen-bond donors (Lipinski definition) is 1. The lowest BCUT2D eigenvalue weighted by Crippen LogP contribution is -2.13. The molecule has 136 valence electrons. The van der Waals surface area contributed by atoms with E-state index in [9.17, 15) is 19.5 Å². The van der Waals surface area contributed by atoms with Crippen LogP contribution in [0.25, 0.3) is 10.8 Å². The van der Waals surface area contributed by atoms with Crippen molar-refractivity contribution < 1.29 is 29.0 Å². The van der Waals surface area contributed by atoms with Gasteiger partial charge >= 0.3 is 17.9 Å². The van der Waals surface area contributed by atoms with Crippen molar-refractivity contribution in [1.82, 2.24) is 0 Å². The van der Waals surface area contributed by atoms with Crippen LogP contribution in [0.2, 0.25) is 0 Å². The van der Waals surface area contributed by atoms with Crippen LogP contribution in [0.4, 0.5) is 0 Å². The predicted octanol–water partition coefficient (Wildman–Crippen LogP) is 3.59. The van der Waals surface area contributed by atoms with Crippen LogP contribution in [0.1, 0.15) is 40.5 Å². The number of carboxylic acids is 1. The smallest absolute Gasteiger partial charge is 0.339 e. The third kappa shape index (κ3) is 4.92. The molecule has 0 fully saturated rings. The van der Waals surface area contributed by atoms with E-state index in [1.54, 1.807) is 37.3 Å². The second-order valence-corrected chi connectivity index (χ2v) is 5.52. The van der Waals surface area contributed by atoms with Crippen molar-refractivity contribution in [3.8, 4) is 0 Å². The quantitative estimate of drug-likeness (QED) is 0.442. The first kappa shape index (κ1) is 19.2. The van der Waals surface area contributed by atoms with Gasteiger partial charge in [-0.25, -0.2) is 14.4 Å². The topological polar surface area (TPSA) is 89.9 Å². The Balaban J connectivity index is 1.98. The molecule has 6 heteroatoms. The van der Waals surface area contributed by atoms with Gasteiger partial charge in [-0.1, -0.05) is 36.4 Å². The average molecular weight is 356 g/mol. The minimum atomic E-state index is -1.18. The van der Waals surface area contributed by atoms with Crippen molar-refractivity contribution in [2.45, 2.75) is 19.8 Å². The van der Waals surface area contributed by atoms with E-state index < -0.39 is 17.9 Å². The fourth-order valence-electron chi connectivity index (χ4n) is 2.47. The molecule has 0 spiro atoms. The molecule has 2 aromatic carbocycles. The van der Waals surface area contributed by atoms with Crippen LogP contribution in [0.5, 0.6) is 0 Å². The summed E-state index contributed by atoms with van der Waals surface area (Å²) in [7, 11) is 0. The molecule has 1 N–H and O–H groups in total. The summed E-state index contributed by atoms with van der Waals surface area (Å²) in [5, 5.41) is 10.7. The number of unbranched alkanes of at least 4 members (excludes halogenated alkanes) is 1. The molecule has 2 rings (SSSR count). The molecule has 0 aromatic heterocycles. The number of aromatic carboxylic acids is 1. The summed E-state index contributed by atoms with van der Waals surface area (Å²) in [5.74, 6) is -2.27. The van der Waals surface area contributed by atoms with Crippen molar-refractivity contribution in [1.29, 1.82) is 0 Å². The van der Waals surface area contributed by atoms with Crippen molar-refractivity contribution in [3.63, 3.8) is 0 Å². The third-order valence-electron chi connectivity index (χ3n) is 3.68. The molecule has 6 nitrogen and oxygen atoms in total. The Morgan fingerprint density at radius 3 is 2.38 bits per heavy atom. The van der Waals surface area contributed by atoms with Crippen molar-refractivity contribution in [2.75, 3.05) is 13.2 Å².